The maximum atomic E-state index is 15.2. The molecule has 0 fully saturated rings. The van der Waals surface area contributed by atoms with Gasteiger partial charge in [-0.05, 0) is 29.5 Å². The summed E-state index contributed by atoms with van der Waals surface area (Å²) in [5.41, 5.74) is 4.59. The molecule has 3 rings (SSSR count). The summed E-state index contributed by atoms with van der Waals surface area (Å²) in [4.78, 5) is 20.6. The first-order valence-corrected chi connectivity index (χ1v) is 11.7. The smallest absolute Gasteiger partial charge is 0.317 e. The van der Waals surface area contributed by atoms with Crippen molar-refractivity contribution in [2.45, 2.75) is 39.7 Å². The number of oxime groups is 1. The minimum Gasteiger partial charge on any atom is -0.480 e. The van der Waals surface area contributed by atoms with Gasteiger partial charge in [-0.3, -0.25) is 4.79 Å². The monoisotopic (exact) mass is 477 g/mol. The van der Waals surface area contributed by atoms with E-state index in [1.807, 2.05) is 55.5 Å². The van der Waals surface area contributed by atoms with Gasteiger partial charge in [-0.1, -0.05) is 86.6 Å². The van der Waals surface area contributed by atoms with Gasteiger partial charge in [0.25, 0.3) is 0 Å². The highest BCUT2D eigenvalue weighted by molar-refractivity contribution is 6.13. The lowest BCUT2D eigenvalue weighted by Gasteiger charge is -2.20. The minimum absolute atomic E-state index is 0.0579. The Morgan fingerprint density at radius 3 is 2.57 bits per heavy atom. The largest absolute Gasteiger partial charge is 0.480 e. The van der Waals surface area contributed by atoms with E-state index >= 15 is 4.39 Å². The fourth-order valence-electron chi connectivity index (χ4n) is 3.71. The van der Waals surface area contributed by atoms with Gasteiger partial charge < -0.3 is 15.3 Å². The number of allylic oxidation sites excluding steroid dienone is 3. The Bertz CT molecular complexity index is 1150. The van der Waals surface area contributed by atoms with Gasteiger partial charge in [0.2, 0.25) is 0 Å². The van der Waals surface area contributed by atoms with Crippen LogP contribution in [-0.4, -0.2) is 35.8 Å². The predicted octanol–water partition coefficient (Wildman–Crippen LogP) is 5.44. The van der Waals surface area contributed by atoms with E-state index in [1.54, 1.807) is 0 Å². The first-order chi connectivity index (χ1) is 16.8. The van der Waals surface area contributed by atoms with E-state index in [0.717, 1.165) is 23.1 Å². The summed E-state index contributed by atoms with van der Waals surface area (Å²) in [5, 5.41) is 15.6. The SMILES string of the molecule is C=C(C=CC(c1ccc(C2=NC(c3ccc(CNCC(=O)O)cc3)=NOC2)cc1F)C(C)C)CC. The second-order valence-electron chi connectivity index (χ2n) is 8.82. The number of rotatable bonds is 11. The Morgan fingerprint density at radius 1 is 1.23 bits per heavy atom. The van der Waals surface area contributed by atoms with Crippen molar-refractivity contribution in [2.24, 2.45) is 16.1 Å². The number of carbonyl (C=O) groups is 1. The van der Waals surface area contributed by atoms with Gasteiger partial charge >= 0.3 is 5.97 Å². The molecule has 0 amide bonds. The fourth-order valence-corrected chi connectivity index (χ4v) is 3.71. The Balaban J connectivity index is 1.77. The third-order valence-corrected chi connectivity index (χ3v) is 5.82. The van der Waals surface area contributed by atoms with Crippen molar-refractivity contribution in [3.05, 3.63) is 94.8 Å². The van der Waals surface area contributed by atoms with Gasteiger partial charge in [0.05, 0.1) is 12.3 Å². The van der Waals surface area contributed by atoms with Crippen molar-refractivity contribution in [1.29, 1.82) is 0 Å². The van der Waals surface area contributed by atoms with Crippen molar-refractivity contribution in [2.75, 3.05) is 13.2 Å². The van der Waals surface area contributed by atoms with Crippen LogP contribution in [-0.2, 0) is 16.2 Å². The molecule has 2 N–H and O–H groups in total. The number of benzene rings is 2. The Hall–Kier alpha value is -3.58. The molecule has 0 radical (unpaired) electrons. The lowest BCUT2D eigenvalue weighted by Crippen LogP contribution is -2.22. The molecule has 0 saturated heterocycles. The summed E-state index contributed by atoms with van der Waals surface area (Å²) >= 11 is 0. The molecule has 35 heavy (non-hydrogen) atoms. The molecule has 0 aromatic heterocycles. The van der Waals surface area contributed by atoms with Gasteiger partial charge in [-0.2, -0.15) is 0 Å². The summed E-state index contributed by atoms with van der Waals surface area (Å²) in [5.74, 6) is -0.606. The number of nitrogens with zero attached hydrogens (tertiary/aromatic N) is 2. The van der Waals surface area contributed by atoms with Gasteiger partial charge in [-0.25, -0.2) is 9.38 Å². The number of hydrogen-bond donors (Lipinski definition) is 2. The second-order valence-corrected chi connectivity index (χ2v) is 8.82. The molecule has 0 saturated carbocycles. The van der Waals surface area contributed by atoms with Crippen LogP contribution in [0.5, 0.6) is 0 Å². The Kier molecular flexibility index (Phi) is 9.09. The van der Waals surface area contributed by atoms with E-state index in [1.165, 1.54) is 6.07 Å². The third-order valence-electron chi connectivity index (χ3n) is 5.82. The van der Waals surface area contributed by atoms with Crippen LogP contribution in [0.25, 0.3) is 0 Å². The molecule has 1 unspecified atom stereocenters. The molecule has 1 heterocycles. The first-order valence-electron chi connectivity index (χ1n) is 11.7. The molecule has 2 aromatic rings. The normalized spacial score (nSPS) is 14.4. The predicted molar refractivity (Wildman–Crippen MR) is 137 cm³/mol. The summed E-state index contributed by atoms with van der Waals surface area (Å²) < 4.78 is 15.2. The van der Waals surface area contributed by atoms with Gasteiger partial charge in [0.1, 0.15) is 5.82 Å². The zero-order valence-electron chi connectivity index (χ0n) is 20.4. The maximum absolute atomic E-state index is 15.2. The number of halogens is 1. The van der Waals surface area contributed by atoms with Crippen molar-refractivity contribution in [3.63, 3.8) is 0 Å². The van der Waals surface area contributed by atoms with E-state index in [0.29, 0.717) is 29.2 Å². The number of amidine groups is 1. The average molecular weight is 478 g/mol. The van der Waals surface area contributed by atoms with Gasteiger partial charge in [0, 0.05) is 23.6 Å². The molecular formula is C28H32FN3O3. The van der Waals surface area contributed by atoms with E-state index in [9.17, 15) is 4.79 Å². The fraction of sp³-hybridized carbons (Fsp3) is 0.321. The molecule has 1 atom stereocenters. The topological polar surface area (TPSA) is 83.3 Å². The highest BCUT2D eigenvalue weighted by atomic mass is 19.1. The second kappa shape index (κ2) is 12.2. The average Bonchev–Trinajstić information content (AvgIpc) is 2.85. The molecular weight excluding hydrogens is 445 g/mol. The van der Waals surface area contributed by atoms with E-state index in [4.69, 9.17) is 9.94 Å². The van der Waals surface area contributed by atoms with Crippen LogP contribution in [0.3, 0.4) is 0 Å². The van der Waals surface area contributed by atoms with E-state index in [-0.39, 0.29) is 30.8 Å². The van der Waals surface area contributed by atoms with Crippen LogP contribution in [0.15, 0.2) is 76.9 Å². The summed E-state index contributed by atoms with van der Waals surface area (Å²) in [6, 6.07) is 12.6. The van der Waals surface area contributed by atoms with Crippen LogP contribution < -0.4 is 5.32 Å². The lowest BCUT2D eigenvalue weighted by molar-refractivity contribution is -0.136. The quantitative estimate of drug-likeness (QED) is 0.422. The van der Waals surface area contributed by atoms with Crippen molar-refractivity contribution >= 4 is 17.5 Å². The Morgan fingerprint density at radius 2 is 1.94 bits per heavy atom. The molecule has 1 aliphatic heterocycles. The molecule has 7 heteroatoms. The summed E-state index contributed by atoms with van der Waals surface area (Å²) in [7, 11) is 0. The van der Waals surface area contributed by atoms with Gasteiger partial charge in [0.15, 0.2) is 12.4 Å². The van der Waals surface area contributed by atoms with Crippen LogP contribution >= 0.6 is 0 Å². The standard InChI is InChI=1S/C28H32FN3O3/c1-5-19(4)6-12-23(18(2)3)24-13-11-22(14-25(24)29)26-17-35-32-28(31-26)21-9-7-20(8-10-21)15-30-16-27(33)34/h6-14,18,23,30H,4-5,15-17H2,1-3H3,(H,33,34). The number of hydrogen-bond acceptors (Lipinski definition) is 5. The highest BCUT2D eigenvalue weighted by Crippen LogP contribution is 2.29. The number of aliphatic carboxylic acids is 1. The van der Waals surface area contributed by atoms with E-state index < -0.39 is 5.97 Å². The number of nitrogens with one attached hydrogen (secondary N) is 1. The Labute approximate surface area is 205 Å². The van der Waals surface area contributed by atoms with Gasteiger partial charge in [-0.15, -0.1) is 0 Å². The zero-order valence-corrected chi connectivity index (χ0v) is 20.4. The van der Waals surface area contributed by atoms with Crippen molar-refractivity contribution in [3.8, 4) is 0 Å². The van der Waals surface area contributed by atoms with Crippen LogP contribution in [0.2, 0.25) is 0 Å². The molecule has 184 valence electrons. The minimum atomic E-state index is -0.903. The maximum Gasteiger partial charge on any atom is 0.317 e. The van der Waals surface area contributed by atoms with Crippen LogP contribution in [0.4, 0.5) is 4.39 Å². The molecule has 0 spiro atoms. The molecule has 0 aliphatic carbocycles. The molecule has 0 bridgehead atoms. The zero-order chi connectivity index (χ0) is 25.4. The number of carboxylic acids is 1. The van der Waals surface area contributed by atoms with E-state index in [2.05, 4.69) is 35.9 Å². The first kappa shape index (κ1) is 26.0. The summed E-state index contributed by atoms with van der Waals surface area (Å²) in [6.45, 7) is 10.7. The molecule has 6 nitrogen and oxygen atoms in total. The van der Waals surface area contributed by atoms with Crippen LogP contribution in [0.1, 0.15) is 55.4 Å². The lowest BCUT2D eigenvalue weighted by atomic mass is 9.86. The van der Waals surface area contributed by atoms with Crippen molar-refractivity contribution < 1.29 is 19.1 Å². The van der Waals surface area contributed by atoms with Crippen molar-refractivity contribution in [1.82, 2.24) is 5.32 Å². The number of aliphatic imine (C=N–C) groups is 1. The summed E-state index contributed by atoms with van der Waals surface area (Å²) in [6.07, 6.45) is 4.87. The number of carboxylic acid groups (broad SMARTS) is 1. The van der Waals surface area contributed by atoms with Crippen LogP contribution in [0, 0.1) is 11.7 Å². The molecule has 1 aliphatic rings. The third kappa shape index (κ3) is 7.20. The molecule has 2 aromatic carbocycles. The highest BCUT2D eigenvalue weighted by Gasteiger charge is 2.20.